The molecular weight excluding hydrogens is 424 g/mol. The van der Waals surface area contributed by atoms with Gasteiger partial charge in [0.2, 0.25) is 0 Å². The van der Waals surface area contributed by atoms with Crippen molar-refractivity contribution in [3.05, 3.63) is 104 Å². The van der Waals surface area contributed by atoms with Gasteiger partial charge in [-0.15, -0.1) is 0 Å². The highest BCUT2D eigenvalue weighted by molar-refractivity contribution is 5.15. The number of ether oxygens (including phenoxy) is 4. The third-order valence-electron chi connectivity index (χ3n) is 6.06. The van der Waals surface area contributed by atoms with Gasteiger partial charge in [0, 0.05) is 11.8 Å². The Morgan fingerprint density at radius 1 is 0.939 bits per heavy atom. The van der Waals surface area contributed by atoms with Crippen LogP contribution >= 0.6 is 0 Å². The first-order valence-electron chi connectivity index (χ1n) is 11.0. The van der Waals surface area contributed by atoms with Gasteiger partial charge < -0.3 is 18.9 Å². The Kier molecular flexibility index (Phi) is 6.24. The van der Waals surface area contributed by atoms with Crippen molar-refractivity contribution in [3.63, 3.8) is 0 Å². The van der Waals surface area contributed by atoms with Crippen LogP contribution in [0.3, 0.4) is 0 Å². The van der Waals surface area contributed by atoms with E-state index in [1.54, 1.807) is 6.92 Å². The Morgan fingerprint density at radius 2 is 1.58 bits per heavy atom. The Labute approximate surface area is 190 Å². The van der Waals surface area contributed by atoms with E-state index in [1.807, 2.05) is 60.7 Å². The van der Waals surface area contributed by atoms with E-state index in [0.29, 0.717) is 25.4 Å². The fourth-order valence-corrected chi connectivity index (χ4v) is 4.32. The first-order chi connectivity index (χ1) is 16.1. The van der Waals surface area contributed by atoms with Gasteiger partial charge in [0.25, 0.3) is 5.56 Å². The number of rotatable bonds is 7. The molecule has 172 valence electrons. The number of benzene rings is 2. The summed E-state index contributed by atoms with van der Waals surface area (Å²) in [7, 11) is 0. The number of hydrogen-bond acceptors (Lipinski definition) is 6. The van der Waals surface area contributed by atoms with Gasteiger partial charge >= 0.3 is 5.69 Å². The maximum Gasteiger partial charge on any atom is 0.330 e. The minimum absolute atomic E-state index is 0.320. The summed E-state index contributed by atoms with van der Waals surface area (Å²) >= 11 is 0. The summed E-state index contributed by atoms with van der Waals surface area (Å²) in [6.07, 6.45) is -0.984. The second-order valence-corrected chi connectivity index (χ2v) is 8.36. The quantitative estimate of drug-likeness (QED) is 0.594. The zero-order valence-electron chi connectivity index (χ0n) is 18.3. The number of nitrogens with zero attached hydrogens (tertiary/aromatic N) is 1. The minimum Gasteiger partial charge on any atom is -0.368 e. The fraction of sp³-hybridized carbons (Fsp3) is 0.360. The molecular formula is C25H26N2O6. The Bertz CT molecular complexity index is 1190. The van der Waals surface area contributed by atoms with Crippen molar-refractivity contribution in [2.24, 2.45) is 0 Å². The first kappa shape index (κ1) is 21.8. The van der Waals surface area contributed by atoms with Crippen LogP contribution in [0.1, 0.15) is 22.9 Å². The summed E-state index contributed by atoms with van der Waals surface area (Å²) in [6.45, 7) is 2.75. The van der Waals surface area contributed by atoms with Crippen molar-refractivity contribution >= 4 is 0 Å². The van der Waals surface area contributed by atoms with Crippen LogP contribution in [0.2, 0.25) is 0 Å². The van der Waals surface area contributed by atoms with E-state index in [1.165, 1.54) is 10.8 Å². The van der Waals surface area contributed by atoms with E-state index in [0.717, 1.165) is 11.1 Å². The molecule has 0 unspecified atom stereocenters. The van der Waals surface area contributed by atoms with Crippen LogP contribution in [0.25, 0.3) is 0 Å². The molecule has 0 spiro atoms. The molecule has 5 atom stereocenters. The Morgan fingerprint density at radius 3 is 2.24 bits per heavy atom. The summed E-state index contributed by atoms with van der Waals surface area (Å²) in [5.74, 6) is 0. The Balaban J connectivity index is 1.39. The first-order valence-corrected chi connectivity index (χ1v) is 11.0. The molecule has 2 aliphatic heterocycles. The van der Waals surface area contributed by atoms with Crippen molar-refractivity contribution in [1.82, 2.24) is 9.55 Å². The molecule has 1 aromatic heterocycles. The SMILES string of the molecule is Cc1cn([C@@H]2O[C@H]3[C@@H](OCc4ccccc4)[C@@H]2OC[C@@H]3OCc2ccccc2)c(=O)[nH]c1=O. The monoisotopic (exact) mass is 450 g/mol. The molecule has 2 saturated heterocycles. The lowest BCUT2D eigenvalue weighted by Gasteiger charge is -2.34. The van der Waals surface area contributed by atoms with E-state index in [9.17, 15) is 9.59 Å². The molecule has 1 N–H and O–H groups in total. The second-order valence-electron chi connectivity index (χ2n) is 8.36. The number of nitrogens with one attached hydrogen (secondary N) is 1. The summed E-state index contributed by atoms with van der Waals surface area (Å²) in [5.41, 5.74) is 1.52. The predicted octanol–water partition coefficient (Wildman–Crippen LogP) is 2.31. The summed E-state index contributed by atoms with van der Waals surface area (Å²) < 4.78 is 26.3. The number of aromatic nitrogens is 2. The second kappa shape index (κ2) is 9.44. The molecule has 8 heteroatoms. The van der Waals surface area contributed by atoms with Gasteiger partial charge in [-0.05, 0) is 18.1 Å². The standard InChI is InChI=1S/C25H26N2O6/c1-16-12-27(25(29)26-23(16)28)24-22-21(31-14-18-10-6-3-7-11-18)20(33-24)19(15-32-22)30-13-17-8-4-2-5-9-17/h2-12,19-22,24H,13-15H2,1H3,(H,26,28,29)/t19-,20+,21+,22-,24+/m0/s1. The van der Waals surface area contributed by atoms with Crippen LogP contribution in [0.4, 0.5) is 0 Å². The molecule has 2 aliphatic rings. The van der Waals surface area contributed by atoms with Crippen LogP contribution < -0.4 is 11.2 Å². The molecule has 0 amide bonds. The van der Waals surface area contributed by atoms with Crippen LogP contribution in [-0.4, -0.2) is 40.6 Å². The molecule has 8 nitrogen and oxygen atoms in total. The fourth-order valence-electron chi connectivity index (χ4n) is 4.32. The average Bonchev–Trinajstić information content (AvgIpc) is 3.08. The highest BCUT2D eigenvalue weighted by atomic mass is 16.7. The van der Waals surface area contributed by atoms with Crippen molar-refractivity contribution in [1.29, 1.82) is 0 Å². The van der Waals surface area contributed by atoms with Gasteiger partial charge in [-0.1, -0.05) is 60.7 Å². The molecule has 33 heavy (non-hydrogen) atoms. The molecule has 0 aliphatic carbocycles. The molecule has 5 rings (SSSR count). The average molecular weight is 450 g/mol. The van der Waals surface area contributed by atoms with Gasteiger partial charge in [-0.3, -0.25) is 14.3 Å². The van der Waals surface area contributed by atoms with Crippen molar-refractivity contribution in [2.75, 3.05) is 6.61 Å². The maximum atomic E-state index is 12.5. The largest absolute Gasteiger partial charge is 0.368 e. The van der Waals surface area contributed by atoms with Gasteiger partial charge in [0.05, 0.1) is 19.8 Å². The molecule has 2 aromatic carbocycles. The van der Waals surface area contributed by atoms with Gasteiger partial charge in [0.15, 0.2) is 6.23 Å². The zero-order valence-corrected chi connectivity index (χ0v) is 18.3. The lowest BCUT2D eigenvalue weighted by molar-refractivity contribution is -0.172. The summed E-state index contributed by atoms with van der Waals surface area (Å²) in [6, 6.07) is 19.7. The highest BCUT2D eigenvalue weighted by Gasteiger charge is 2.54. The molecule has 2 fully saturated rings. The smallest absolute Gasteiger partial charge is 0.330 e. The molecule has 3 aromatic rings. The maximum absolute atomic E-state index is 12.5. The lowest BCUT2D eigenvalue weighted by Crippen LogP contribution is -2.50. The van der Waals surface area contributed by atoms with Crippen LogP contribution in [0.5, 0.6) is 0 Å². The predicted molar refractivity (Wildman–Crippen MR) is 120 cm³/mol. The molecule has 0 saturated carbocycles. The van der Waals surface area contributed by atoms with Crippen LogP contribution in [-0.2, 0) is 32.2 Å². The minimum atomic E-state index is -0.732. The van der Waals surface area contributed by atoms with Gasteiger partial charge in [-0.25, -0.2) is 4.79 Å². The van der Waals surface area contributed by atoms with Crippen molar-refractivity contribution in [3.8, 4) is 0 Å². The third-order valence-corrected chi connectivity index (χ3v) is 6.06. The van der Waals surface area contributed by atoms with E-state index in [2.05, 4.69) is 4.98 Å². The third kappa shape index (κ3) is 4.56. The Hall–Kier alpha value is -3.04. The number of H-pyrrole nitrogens is 1. The highest BCUT2D eigenvalue weighted by Crippen LogP contribution is 2.39. The van der Waals surface area contributed by atoms with E-state index in [4.69, 9.17) is 18.9 Å². The van der Waals surface area contributed by atoms with Crippen molar-refractivity contribution in [2.45, 2.75) is 50.8 Å². The van der Waals surface area contributed by atoms with Crippen LogP contribution in [0.15, 0.2) is 76.4 Å². The number of hydrogen-bond donors (Lipinski definition) is 1. The lowest BCUT2D eigenvalue weighted by atomic mass is 10.0. The summed E-state index contributed by atoms with van der Waals surface area (Å²) in [5, 5.41) is 0. The van der Waals surface area contributed by atoms with Gasteiger partial charge in [-0.2, -0.15) is 0 Å². The zero-order chi connectivity index (χ0) is 22.8. The molecule has 2 bridgehead atoms. The van der Waals surface area contributed by atoms with E-state index < -0.39 is 35.8 Å². The number of fused-ring (bicyclic) bond motifs is 2. The normalized spacial score (nSPS) is 26.4. The van der Waals surface area contributed by atoms with Crippen LogP contribution in [0, 0.1) is 6.92 Å². The van der Waals surface area contributed by atoms with Crippen molar-refractivity contribution < 1.29 is 18.9 Å². The number of aryl methyl sites for hydroxylation is 1. The van der Waals surface area contributed by atoms with E-state index >= 15 is 0 Å². The molecule has 0 radical (unpaired) electrons. The topological polar surface area (TPSA) is 91.8 Å². The molecule has 3 heterocycles. The number of aromatic amines is 1. The van der Waals surface area contributed by atoms with Gasteiger partial charge in [0.1, 0.15) is 24.4 Å². The summed E-state index contributed by atoms with van der Waals surface area (Å²) in [4.78, 5) is 26.7. The van der Waals surface area contributed by atoms with E-state index in [-0.39, 0.29) is 6.10 Å².